The van der Waals surface area contributed by atoms with Gasteiger partial charge in [-0.2, -0.15) is 0 Å². The van der Waals surface area contributed by atoms with Gasteiger partial charge in [0.05, 0.1) is 6.04 Å². The van der Waals surface area contributed by atoms with Gasteiger partial charge in [-0.1, -0.05) is 6.07 Å². The number of likely N-dealkylation sites (tertiary alicyclic amines) is 1. The van der Waals surface area contributed by atoms with Crippen molar-refractivity contribution in [1.82, 2.24) is 25.2 Å². The van der Waals surface area contributed by atoms with Crippen LogP contribution in [0.5, 0.6) is 0 Å². The van der Waals surface area contributed by atoms with Gasteiger partial charge in [0.1, 0.15) is 5.82 Å². The number of pyridine rings is 1. The molecule has 2 aromatic heterocycles. The van der Waals surface area contributed by atoms with E-state index in [2.05, 4.69) is 32.1 Å². The number of piperidine rings is 1. The summed E-state index contributed by atoms with van der Waals surface area (Å²) in [6.45, 7) is 5.16. The third-order valence-corrected chi connectivity index (χ3v) is 5.80. The second kappa shape index (κ2) is 7.96. The number of nitrogens with one attached hydrogen (secondary N) is 1. The predicted octanol–water partition coefficient (Wildman–Crippen LogP) is 2.33. The Labute approximate surface area is 159 Å². The molecule has 1 saturated heterocycles. The monoisotopic (exact) mass is 363 g/mol. The Kier molecular flexibility index (Phi) is 5.25. The molecule has 1 amide bonds. The first-order valence-corrected chi connectivity index (χ1v) is 9.59. The van der Waals surface area contributed by atoms with E-state index in [-0.39, 0.29) is 11.9 Å². The summed E-state index contributed by atoms with van der Waals surface area (Å²) in [5.41, 5.74) is 0.931. The number of carbonyl (C=O) groups is 1. The third kappa shape index (κ3) is 4.22. The van der Waals surface area contributed by atoms with Crippen molar-refractivity contribution in [2.45, 2.75) is 19.4 Å². The van der Waals surface area contributed by atoms with Crippen LogP contribution in [0, 0.1) is 17.8 Å². The molecule has 0 aromatic carbocycles. The first kappa shape index (κ1) is 17.8. The highest BCUT2D eigenvalue weighted by Crippen LogP contribution is 2.54. The molecule has 1 saturated carbocycles. The van der Waals surface area contributed by atoms with E-state index in [1.807, 2.05) is 30.6 Å². The molecule has 1 unspecified atom stereocenters. The molecule has 140 valence electrons. The van der Waals surface area contributed by atoms with E-state index in [0.717, 1.165) is 55.2 Å². The number of fused-ring (bicyclic) bond motifs is 1. The summed E-state index contributed by atoms with van der Waals surface area (Å²) >= 11 is 0. The lowest BCUT2D eigenvalue weighted by Crippen LogP contribution is -2.30. The summed E-state index contributed by atoms with van der Waals surface area (Å²) in [4.78, 5) is 27.2. The van der Waals surface area contributed by atoms with Gasteiger partial charge < -0.3 is 5.32 Å². The average molecular weight is 363 g/mol. The number of rotatable bonds is 7. The highest BCUT2D eigenvalue weighted by Gasteiger charge is 2.55. The number of hydrogen-bond donors (Lipinski definition) is 1. The second-order valence-electron chi connectivity index (χ2n) is 7.43. The van der Waals surface area contributed by atoms with Gasteiger partial charge in [0.15, 0.2) is 0 Å². The molecule has 4 atom stereocenters. The van der Waals surface area contributed by atoms with Gasteiger partial charge >= 0.3 is 0 Å². The number of hydrogen-bond acceptors (Lipinski definition) is 5. The topological polar surface area (TPSA) is 71.0 Å². The van der Waals surface area contributed by atoms with Crippen molar-refractivity contribution in [2.24, 2.45) is 17.8 Å². The molecule has 4 rings (SSSR count). The first-order chi connectivity index (χ1) is 13.2. The van der Waals surface area contributed by atoms with Crippen molar-refractivity contribution >= 4 is 12.0 Å². The van der Waals surface area contributed by atoms with Crippen LogP contribution in [0.25, 0.3) is 6.08 Å². The second-order valence-corrected chi connectivity index (χ2v) is 7.43. The molecule has 0 radical (unpaired) electrons. The summed E-state index contributed by atoms with van der Waals surface area (Å²) in [5.74, 6) is 3.13. The van der Waals surface area contributed by atoms with Crippen molar-refractivity contribution in [3.05, 3.63) is 60.5 Å². The number of carbonyl (C=O) groups excluding carboxylic acids is 1. The van der Waals surface area contributed by atoms with E-state index in [1.54, 1.807) is 24.5 Å². The maximum atomic E-state index is 11.9. The normalized spacial score (nSPS) is 25.3. The minimum Gasteiger partial charge on any atom is -0.353 e. The highest BCUT2D eigenvalue weighted by atomic mass is 16.1. The lowest BCUT2D eigenvalue weighted by Gasteiger charge is -2.25. The highest BCUT2D eigenvalue weighted by molar-refractivity contribution is 5.91. The summed E-state index contributed by atoms with van der Waals surface area (Å²) in [6, 6.07) is 5.91. The van der Waals surface area contributed by atoms with Gasteiger partial charge in [-0.15, -0.1) is 0 Å². The van der Waals surface area contributed by atoms with Crippen molar-refractivity contribution < 1.29 is 4.79 Å². The Morgan fingerprint density at radius 2 is 2.04 bits per heavy atom. The zero-order valence-electron chi connectivity index (χ0n) is 15.5. The van der Waals surface area contributed by atoms with Crippen molar-refractivity contribution in [1.29, 1.82) is 0 Å². The molecule has 6 nitrogen and oxygen atoms in total. The zero-order valence-corrected chi connectivity index (χ0v) is 15.5. The van der Waals surface area contributed by atoms with Gasteiger partial charge in [0.25, 0.3) is 0 Å². The smallest absolute Gasteiger partial charge is 0.244 e. The van der Waals surface area contributed by atoms with Crippen LogP contribution >= 0.6 is 0 Å². The van der Waals surface area contributed by atoms with E-state index in [0.29, 0.717) is 0 Å². The Balaban J connectivity index is 1.16. The largest absolute Gasteiger partial charge is 0.353 e. The van der Waals surface area contributed by atoms with Crippen LogP contribution in [-0.4, -0.2) is 45.4 Å². The van der Waals surface area contributed by atoms with E-state index in [1.165, 1.54) is 0 Å². The average Bonchev–Trinajstić information content (AvgIpc) is 3.16. The lowest BCUT2D eigenvalue weighted by atomic mass is 10.1. The number of aromatic nitrogens is 3. The molecule has 0 bridgehead atoms. The minimum absolute atomic E-state index is 0.0406. The lowest BCUT2D eigenvalue weighted by molar-refractivity contribution is -0.116. The van der Waals surface area contributed by atoms with Crippen LogP contribution in [0.3, 0.4) is 0 Å². The van der Waals surface area contributed by atoms with E-state index >= 15 is 0 Å². The SMILES string of the molecule is CC(c1ncccn1)N1C[C@@H]2[C@@H](CCNC(=O)/C=C/c3cccnc3)[C@@H]2C1. The van der Waals surface area contributed by atoms with Crippen LogP contribution in [0.1, 0.15) is 30.8 Å². The Hall–Kier alpha value is -2.60. The molecule has 1 N–H and O–H groups in total. The summed E-state index contributed by atoms with van der Waals surface area (Å²) in [7, 11) is 0. The molecular formula is C21H25N5O. The van der Waals surface area contributed by atoms with E-state index < -0.39 is 0 Å². The summed E-state index contributed by atoms with van der Waals surface area (Å²) < 4.78 is 0. The summed E-state index contributed by atoms with van der Waals surface area (Å²) in [5, 5.41) is 2.99. The van der Waals surface area contributed by atoms with Crippen LogP contribution in [0.15, 0.2) is 49.1 Å². The van der Waals surface area contributed by atoms with Gasteiger partial charge in [0, 0.05) is 50.5 Å². The van der Waals surface area contributed by atoms with Gasteiger partial charge in [-0.3, -0.25) is 14.7 Å². The molecule has 2 aromatic rings. The molecule has 27 heavy (non-hydrogen) atoms. The molecule has 2 fully saturated rings. The maximum absolute atomic E-state index is 11.9. The zero-order chi connectivity index (χ0) is 18.6. The van der Waals surface area contributed by atoms with Crippen molar-refractivity contribution in [2.75, 3.05) is 19.6 Å². The van der Waals surface area contributed by atoms with Crippen LogP contribution < -0.4 is 5.32 Å². The van der Waals surface area contributed by atoms with E-state index in [9.17, 15) is 4.79 Å². The Bertz CT molecular complexity index is 783. The standard InChI is InChI=1S/C21H25N5O/c1-15(21-24-9-3-10-25-21)26-13-18-17(19(18)14-26)7-11-23-20(27)6-5-16-4-2-8-22-12-16/h2-6,8-10,12,15,17-19H,7,11,13-14H2,1H3,(H,23,27)/b6-5+/t15?,17-,18-,19+. The van der Waals surface area contributed by atoms with Gasteiger partial charge in [0.2, 0.25) is 5.91 Å². The molecule has 6 heteroatoms. The molecule has 1 aliphatic carbocycles. The fourth-order valence-corrected chi connectivity index (χ4v) is 4.18. The molecule has 2 aliphatic rings. The predicted molar refractivity (Wildman–Crippen MR) is 103 cm³/mol. The van der Waals surface area contributed by atoms with Crippen LogP contribution in [0.4, 0.5) is 0 Å². The molecule has 0 spiro atoms. The first-order valence-electron chi connectivity index (χ1n) is 9.59. The quantitative estimate of drug-likeness (QED) is 0.765. The fourth-order valence-electron chi connectivity index (χ4n) is 4.18. The Morgan fingerprint density at radius 3 is 2.74 bits per heavy atom. The van der Waals surface area contributed by atoms with Gasteiger partial charge in [-0.25, -0.2) is 9.97 Å². The van der Waals surface area contributed by atoms with E-state index in [4.69, 9.17) is 0 Å². The van der Waals surface area contributed by atoms with Crippen LogP contribution in [-0.2, 0) is 4.79 Å². The van der Waals surface area contributed by atoms with Gasteiger partial charge in [-0.05, 0) is 54.9 Å². The number of amides is 1. The third-order valence-electron chi connectivity index (χ3n) is 5.80. The van der Waals surface area contributed by atoms with Crippen molar-refractivity contribution in [3.8, 4) is 0 Å². The molecular weight excluding hydrogens is 338 g/mol. The minimum atomic E-state index is -0.0406. The number of nitrogens with zero attached hydrogens (tertiary/aromatic N) is 4. The molecule has 1 aliphatic heterocycles. The fraction of sp³-hybridized carbons (Fsp3) is 0.429. The summed E-state index contributed by atoms with van der Waals surface area (Å²) in [6.07, 6.45) is 11.5. The maximum Gasteiger partial charge on any atom is 0.244 e. The Morgan fingerprint density at radius 1 is 1.26 bits per heavy atom. The van der Waals surface area contributed by atoms with Crippen molar-refractivity contribution in [3.63, 3.8) is 0 Å². The van der Waals surface area contributed by atoms with Crippen LogP contribution in [0.2, 0.25) is 0 Å². The molecule has 3 heterocycles.